The second kappa shape index (κ2) is 10.7. The topological polar surface area (TPSA) is 199 Å². The van der Waals surface area contributed by atoms with Crippen LogP contribution in [0.15, 0.2) is 71.0 Å². The molecule has 0 radical (unpaired) electrons. The molecule has 13 nitrogen and oxygen atoms in total. The average Bonchev–Trinajstić information content (AvgIpc) is 3.56. The second-order valence-electron chi connectivity index (χ2n) is 7.74. The molecule has 0 unspecified atom stereocenters. The Kier molecular flexibility index (Phi) is 7.40. The predicted molar refractivity (Wildman–Crippen MR) is 145 cm³/mol. The van der Waals surface area contributed by atoms with Gasteiger partial charge >= 0.3 is 0 Å². The summed E-state index contributed by atoms with van der Waals surface area (Å²) in [6.45, 7) is 3.56. The second-order valence-corrected chi connectivity index (χ2v) is 10.6. The number of allylic oxidation sites excluding steroid dienone is 1. The third kappa shape index (κ3) is 5.18. The lowest BCUT2D eigenvalue weighted by atomic mass is 10.1. The van der Waals surface area contributed by atoms with Crippen molar-refractivity contribution in [2.45, 2.75) is 11.3 Å². The van der Waals surface area contributed by atoms with Crippen molar-refractivity contribution >= 4 is 50.7 Å². The van der Waals surface area contributed by atoms with Crippen molar-refractivity contribution in [1.82, 2.24) is 29.5 Å². The van der Waals surface area contributed by atoms with E-state index in [2.05, 4.69) is 31.6 Å². The van der Waals surface area contributed by atoms with E-state index in [1.807, 2.05) is 17.5 Å². The molecule has 38 heavy (non-hydrogen) atoms. The summed E-state index contributed by atoms with van der Waals surface area (Å²) in [5.41, 5.74) is 14.3. The van der Waals surface area contributed by atoms with Crippen LogP contribution < -0.4 is 11.5 Å². The summed E-state index contributed by atoms with van der Waals surface area (Å²) >= 11 is 1.47. The van der Waals surface area contributed by atoms with Gasteiger partial charge in [0.25, 0.3) is 5.91 Å². The first-order valence-corrected chi connectivity index (χ1v) is 13.6. The maximum atomic E-state index is 12.6. The number of fused-ring (bicyclic) bond motifs is 1. The molecule has 1 amide bonds. The lowest BCUT2D eigenvalue weighted by Crippen LogP contribution is -2.34. The summed E-state index contributed by atoms with van der Waals surface area (Å²) in [4.78, 5) is 29.9. The summed E-state index contributed by atoms with van der Waals surface area (Å²) in [6.07, 6.45) is 10.6. The lowest BCUT2D eigenvalue weighted by Gasteiger charge is -2.13. The molecule has 15 heteroatoms. The molecule has 0 aromatic carbocycles. The number of amidine groups is 1. The summed E-state index contributed by atoms with van der Waals surface area (Å²) in [7, 11) is -3.80. The molecule has 0 saturated heterocycles. The number of amides is 1. The summed E-state index contributed by atoms with van der Waals surface area (Å²) in [5, 5.41) is 13.9. The van der Waals surface area contributed by atoms with Crippen LogP contribution in [0.2, 0.25) is 0 Å². The van der Waals surface area contributed by atoms with Crippen LogP contribution in [-0.4, -0.2) is 62.2 Å². The van der Waals surface area contributed by atoms with Gasteiger partial charge in [0.05, 0.1) is 17.6 Å². The molecule has 0 aliphatic rings. The number of sulfone groups is 1. The Hall–Kier alpha value is -4.76. The molecular formula is C23H22N10O3S2. The molecule has 0 saturated carbocycles. The lowest BCUT2D eigenvalue weighted by molar-refractivity contribution is -0.119. The molecule has 0 aliphatic carbocycles. The van der Waals surface area contributed by atoms with Gasteiger partial charge in [-0.3, -0.25) is 20.1 Å². The van der Waals surface area contributed by atoms with E-state index in [-0.39, 0.29) is 22.8 Å². The van der Waals surface area contributed by atoms with Gasteiger partial charge < -0.3 is 11.5 Å². The molecular weight excluding hydrogens is 528 g/mol. The predicted octanol–water partition coefficient (Wildman–Crippen LogP) is 1.89. The Bertz CT molecular complexity index is 1690. The molecule has 0 atom stereocenters. The Morgan fingerprint density at radius 3 is 2.71 bits per heavy atom. The third-order valence-electron chi connectivity index (χ3n) is 5.24. The van der Waals surface area contributed by atoms with Crippen LogP contribution in [0.25, 0.3) is 27.5 Å². The smallest absolute Gasteiger partial charge is 0.297 e. The number of nitrogens with one attached hydrogen (secondary N) is 1. The van der Waals surface area contributed by atoms with Crippen molar-refractivity contribution in [3.05, 3.63) is 66.9 Å². The molecule has 0 fully saturated rings. The van der Waals surface area contributed by atoms with Crippen LogP contribution in [0.1, 0.15) is 5.69 Å². The number of carbonyl (C=O) groups is 1. The molecule has 0 bridgehead atoms. The monoisotopic (exact) mass is 550 g/mol. The zero-order valence-electron chi connectivity index (χ0n) is 20.0. The highest BCUT2D eigenvalue weighted by Crippen LogP contribution is 2.30. The van der Waals surface area contributed by atoms with E-state index in [9.17, 15) is 13.2 Å². The van der Waals surface area contributed by atoms with Crippen molar-refractivity contribution < 1.29 is 13.2 Å². The van der Waals surface area contributed by atoms with E-state index >= 15 is 0 Å². The first-order chi connectivity index (χ1) is 18.2. The average molecular weight is 551 g/mol. The highest BCUT2D eigenvalue weighted by Gasteiger charge is 2.24. The number of rotatable bonds is 8. The van der Waals surface area contributed by atoms with Gasteiger partial charge in [0.1, 0.15) is 22.1 Å². The van der Waals surface area contributed by atoms with E-state index < -0.39 is 21.6 Å². The number of aliphatic imine (C=N–C) groups is 1. The number of hydrogen-bond acceptors (Lipinski definition) is 10. The van der Waals surface area contributed by atoms with E-state index in [0.29, 0.717) is 28.8 Å². The minimum Gasteiger partial charge on any atom is -0.382 e. The first kappa shape index (κ1) is 26.3. The molecule has 194 valence electrons. The van der Waals surface area contributed by atoms with Crippen LogP contribution >= 0.6 is 11.3 Å². The number of carbonyl (C=O) groups excluding carboxylic acids is 1. The number of hydrogen-bond donors (Lipinski definition) is 3. The van der Waals surface area contributed by atoms with E-state index in [1.54, 1.807) is 12.4 Å². The third-order valence-corrected chi connectivity index (χ3v) is 7.22. The number of thiazole rings is 1. The van der Waals surface area contributed by atoms with Gasteiger partial charge in [-0.15, -0.1) is 11.3 Å². The quantitative estimate of drug-likeness (QED) is 0.216. The fourth-order valence-electron chi connectivity index (χ4n) is 3.57. The zero-order valence-corrected chi connectivity index (χ0v) is 21.6. The van der Waals surface area contributed by atoms with Crippen LogP contribution in [0.4, 0.5) is 5.82 Å². The van der Waals surface area contributed by atoms with Gasteiger partial charge in [0.15, 0.2) is 21.3 Å². The van der Waals surface area contributed by atoms with Crippen molar-refractivity contribution in [2.24, 2.45) is 10.7 Å². The standard InChI is InChI=1S/C23H22N10O3S2/c1-3-32(23(34)19(25)29-13-24)9-4-5-16-18(38(2,35)36)20(26)33-21(31-16)15(12-30-33)14-6-7-17(28-11-14)22-27-8-10-37-22/h3-4,6-13H,1,5,26H2,2H3,(H3,24,25,29)/b9-4-. The van der Waals surface area contributed by atoms with Gasteiger partial charge in [-0.2, -0.15) is 9.61 Å². The Balaban J connectivity index is 1.75. The van der Waals surface area contributed by atoms with Gasteiger partial charge in [-0.1, -0.05) is 18.7 Å². The highest BCUT2D eigenvalue weighted by atomic mass is 32.2. The summed E-state index contributed by atoms with van der Waals surface area (Å²) in [5.74, 6) is -1.22. The molecule has 4 rings (SSSR count). The van der Waals surface area contributed by atoms with Gasteiger partial charge in [-0.05, 0) is 6.07 Å². The van der Waals surface area contributed by atoms with Crippen LogP contribution in [0.3, 0.4) is 0 Å². The Labute approximate surface area is 221 Å². The number of pyridine rings is 1. The van der Waals surface area contributed by atoms with Crippen LogP contribution in [0, 0.1) is 5.41 Å². The number of aromatic nitrogens is 5. The Morgan fingerprint density at radius 2 is 2.11 bits per heavy atom. The summed E-state index contributed by atoms with van der Waals surface area (Å²) < 4.78 is 26.5. The number of nitrogen functional groups attached to an aromatic ring is 1. The Morgan fingerprint density at radius 1 is 1.32 bits per heavy atom. The minimum atomic E-state index is -3.80. The maximum Gasteiger partial charge on any atom is 0.297 e. The SMILES string of the molecule is C=CN(/C=C\Cc1nc2c(-c3ccc(-c4nccs4)nc3)cnn2c(N)c1S(C)(=O)=O)C(=O)C(N)=NC=N. The molecule has 0 aliphatic heterocycles. The van der Waals surface area contributed by atoms with Gasteiger partial charge in [0.2, 0.25) is 0 Å². The largest absolute Gasteiger partial charge is 0.382 e. The van der Waals surface area contributed by atoms with E-state index in [0.717, 1.165) is 16.2 Å². The van der Waals surface area contributed by atoms with E-state index in [4.69, 9.17) is 16.9 Å². The molecule has 4 aromatic heterocycles. The van der Waals surface area contributed by atoms with Crippen molar-refractivity contribution in [2.75, 3.05) is 12.0 Å². The molecule has 0 spiro atoms. The first-order valence-electron chi connectivity index (χ1n) is 10.8. The number of anilines is 1. The normalized spacial score (nSPS) is 12.2. The zero-order chi connectivity index (χ0) is 27.4. The minimum absolute atomic E-state index is 0.00576. The van der Waals surface area contributed by atoms with Crippen molar-refractivity contribution in [3.63, 3.8) is 0 Å². The summed E-state index contributed by atoms with van der Waals surface area (Å²) in [6, 6.07) is 3.67. The van der Waals surface area contributed by atoms with Gasteiger partial charge in [-0.25, -0.2) is 23.4 Å². The fraction of sp³-hybridized carbons (Fsp3) is 0.0870. The van der Waals surface area contributed by atoms with Gasteiger partial charge in [0, 0.05) is 54.0 Å². The van der Waals surface area contributed by atoms with Crippen molar-refractivity contribution in [3.8, 4) is 21.8 Å². The number of nitrogens with zero attached hydrogens (tertiary/aromatic N) is 7. The highest BCUT2D eigenvalue weighted by molar-refractivity contribution is 7.91. The maximum absolute atomic E-state index is 12.6. The van der Waals surface area contributed by atoms with Crippen LogP contribution in [0.5, 0.6) is 0 Å². The molecule has 4 heterocycles. The van der Waals surface area contributed by atoms with Crippen molar-refractivity contribution in [1.29, 1.82) is 5.41 Å². The molecule has 4 aromatic rings. The number of nitrogens with two attached hydrogens (primary N) is 2. The van der Waals surface area contributed by atoms with E-state index in [1.165, 1.54) is 40.5 Å². The fourth-order valence-corrected chi connectivity index (χ4v) is 5.21. The molecule has 5 N–H and O–H groups in total. The van der Waals surface area contributed by atoms with Crippen LogP contribution in [-0.2, 0) is 21.1 Å².